The van der Waals surface area contributed by atoms with Crippen molar-refractivity contribution in [3.8, 4) is 0 Å². The summed E-state index contributed by atoms with van der Waals surface area (Å²) in [6, 6.07) is 9.96. The zero-order valence-electron chi connectivity index (χ0n) is 13.0. The van der Waals surface area contributed by atoms with Crippen LogP contribution in [0, 0.1) is 0 Å². The molecule has 1 aliphatic heterocycles. The van der Waals surface area contributed by atoms with E-state index in [1.807, 2.05) is 25.1 Å². The van der Waals surface area contributed by atoms with Gasteiger partial charge in [0, 0.05) is 12.6 Å². The number of aryl methyl sites for hydroxylation is 1. The number of benzene rings is 1. The van der Waals surface area contributed by atoms with E-state index in [-0.39, 0.29) is 18.2 Å². The lowest BCUT2D eigenvalue weighted by Gasteiger charge is -2.30. The first-order chi connectivity index (χ1) is 11.2. The van der Waals surface area contributed by atoms with Crippen molar-refractivity contribution in [3.63, 3.8) is 0 Å². The molecule has 2 aromatic rings. The van der Waals surface area contributed by atoms with Gasteiger partial charge in [0.05, 0.1) is 6.10 Å². The second-order valence-electron chi connectivity index (χ2n) is 5.44. The van der Waals surface area contributed by atoms with E-state index >= 15 is 0 Å². The lowest BCUT2D eigenvalue weighted by Crippen LogP contribution is -2.42. The number of carbonyl (C=O) groups excluding carboxylic acids is 1. The molecular weight excluding hydrogens is 312 g/mol. The summed E-state index contributed by atoms with van der Waals surface area (Å²) in [5, 5.41) is 15.1. The summed E-state index contributed by atoms with van der Waals surface area (Å²) in [5.41, 5.74) is 1.15. The van der Waals surface area contributed by atoms with Crippen molar-refractivity contribution in [1.29, 1.82) is 0 Å². The van der Waals surface area contributed by atoms with Crippen molar-refractivity contribution in [2.75, 3.05) is 11.9 Å². The van der Waals surface area contributed by atoms with Crippen LogP contribution in [0.2, 0.25) is 0 Å². The smallest absolute Gasteiger partial charge is 0.321 e. The zero-order valence-corrected chi connectivity index (χ0v) is 13.8. The molecule has 0 spiro atoms. The van der Waals surface area contributed by atoms with Crippen LogP contribution < -0.4 is 10.6 Å². The van der Waals surface area contributed by atoms with Gasteiger partial charge in [-0.05, 0) is 24.8 Å². The number of hydrogen-bond donors (Lipinski definition) is 2. The van der Waals surface area contributed by atoms with Crippen molar-refractivity contribution in [2.45, 2.75) is 38.3 Å². The van der Waals surface area contributed by atoms with E-state index < -0.39 is 0 Å². The van der Waals surface area contributed by atoms with Gasteiger partial charge in [-0.3, -0.25) is 5.32 Å². The van der Waals surface area contributed by atoms with E-state index in [9.17, 15) is 4.79 Å². The summed E-state index contributed by atoms with van der Waals surface area (Å²) >= 11 is 1.40. The number of ether oxygens (including phenoxy) is 1. The average Bonchev–Trinajstić information content (AvgIpc) is 3.03. The molecule has 0 aliphatic carbocycles. The maximum atomic E-state index is 12.1. The quantitative estimate of drug-likeness (QED) is 0.902. The first kappa shape index (κ1) is 15.9. The monoisotopic (exact) mass is 332 g/mol. The molecule has 2 atom stereocenters. The van der Waals surface area contributed by atoms with Gasteiger partial charge in [0.2, 0.25) is 5.13 Å². The maximum absolute atomic E-state index is 12.1. The molecule has 1 aromatic carbocycles. The SMILES string of the molecule is CCc1nnc(NC(=O)N[C@H]2CCO[C@@H](c3ccccc3)C2)s1. The molecule has 23 heavy (non-hydrogen) atoms. The zero-order chi connectivity index (χ0) is 16.1. The highest BCUT2D eigenvalue weighted by molar-refractivity contribution is 7.15. The van der Waals surface area contributed by atoms with E-state index in [1.165, 1.54) is 11.3 Å². The van der Waals surface area contributed by atoms with Gasteiger partial charge < -0.3 is 10.1 Å². The highest BCUT2D eigenvalue weighted by Crippen LogP contribution is 2.28. The lowest BCUT2D eigenvalue weighted by molar-refractivity contribution is 0.00254. The number of aromatic nitrogens is 2. The minimum Gasteiger partial charge on any atom is -0.373 e. The lowest BCUT2D eigenvalue weighted by atomic mass is 9.97. The third-order valence-corrected chi connectivity index (χ3v) is 4.76. The first-order valence-electron chi connectivity index (χ1n) is 7.81. The van der Waals surface area contributed by atoms with Crippen LogP contribution in [0.1, 0.15) is 36.4 Å². The van der Waals surface area contributed by atoms with Gasteiger partial charge in [0.15, 0.2) is 0 Å². The third-order valence-electron chi connectivity index (χ3n) is 3.78. The fraction of sp³-hybridized carbons (Fsp3) is 0.438. The van der Waals surface area contributed by atoms with E-state index in [0.717, 1.165) is 29.8 Å². The molecule has 6 nitrogen and oxygen atoms in total. The molecule has 1 aromatic heterocycles. The van der Waals surface area contributed by atoms with Crippen molar-refractivity contribution >= 4 is 22.5 Å². The van der Waals surface area contributed by atoms with Gasteiger partial charge in [-0.25, -0.2) is 4.79 Å². The second kappa shape index (κ2) is 7.52. The van der Waals surface area contributed by atoms with E-state index in [4.69, 9.17) is 4.74 Å². The third kappa shape index (κ3) is 4.27. The van der Waals surface area contributed by atoms with Crippen molar-refractivity contribution in [3.05, 3.63) is 40.9 Å². The molecule has 2 heterocycles. The van der Waals surface area contributed by atoms with Crippen LogP contribution in [-0.4, -0.2) is 28.9 Å². The highest BCUT2D eigenvalue weighted by Gasteiger charge is 2.25. The van der Waals surface area contributed by atoms with Crippen LogP contribution in [0.3, 0.4) is 0 Å². The molecule has 0 unspecified atom stereocenters. The minimum atomic E-state index is -0.234. The van der Waals surface area contributed by atoms with Crippen molar-refractivity contribution in [2.24, 2.45) is 0 Å². The number of urea groups is 1. The van der Waals surface area contributed by atoms with Gasteiger partial charge in [-0.1, -0.05) is 48.6 Å². The van der Waals surface area contributed by atoms with Crippen LogP contribution >= 0.6 is 11.3 Å². The summed E-state index contributed by atoms with van der Waals surface area (Å²) < 4.78 is 5.82. The van der Waals surface area contributed by atoms with Gasteiger partial charge >= 0.3 is 6.03 Å². The predicted molar refractivity (Wildman–Crippen MR) is 89.6 cm³/mol. The summed E-state index contributed by atoms with van der Waals surface area (Å²) in [4.78, 5) is 12.1. The summed E-state index contributed by atoms with van der Waals surface area (Å²) in [6.45, 7) is 2.65. The molecule has 7 heteroatoms. The first-order valence-corrected chi connectivity index (χ1v) is 8.62. The van der Waals surface area contributed by atoms with Gasteiger partial charge in [0.25, 0.3) is 0 Å². The molecular formula is C16H20N4O2S. The number of nitrogens with zero attached hydrogens (tertiary/aromatic N) is 2. The average molecular weight is 332 g/mol. The Kier molecular flexibility index (Phi) is 5.19. The maximum Gasteiger partial charge on any atom is 0.321 e. The predicted octanol–water partition coefficient (Wildman–Crippen LogP) is 3.14. The van der Waals surface area contributed by atoms with Crippen LogP contribution in [0.5, 0.6) is 0 Å². The molecule has 0 bridgehead atoms. The Balaban J connectivity index is 1.54. The van der Waals surface area contributed by atoms with Crippen LogP contribution in [-0.2, 0) is 11.2 Å². The second-order valence-corrected chi connectivity index (χ2v) is 6.51. The van der Waals surface area contributed by atoms with Gasteiger partial charge in [-0.15, -0.1) is 10.2 Å². The number of amides is 2. The summed E-state index contributed by atoms with van der Waals surface area (Å²) in [6.07, 6.45) is 2.43. The fourth-order valence-corrected chi connectivity index (χ4v) is 3.27. The normalized spacial score (nSPS) is 20.9. The largest absolute Gasteiger partial charge is 0.373 e. The Morgan fingerprint density at radius 3 is 2.91 bits per heavy atom. The molecule has 1 aliphatic rings. The Hall–Kier alpha value is -1.99. The highest BCUT2D eigenvalue weighted by atomic mass is 32.1. The summed E-state index contributed by atoms with van der Waals surface area (Å²) in [5.74, 6) is 0. The Morgan fingerprint density at radius 1 is 1.35 bits per heavy atom. The molecule has 2 N–H and O–H groups in total. The standard InChI is InChI=1S/C16H20N4O2S/c1-2-14-19-20-16(23-14)18-15(21)17-12-8-9-22-13(10-12)11-6-4-3-5-7-11/h3-7,12-13H,2,8-10H2,1H3,(H2,17,18,20,21)/t12-,13+/m0/s1. The van der Waals surface area contributed by atoms with Gasteiger partial charge in [0.1, 0.15) is 5.01 Å². The Bertz CT molecular complexity index is 647. The topological polar surface area (TPSA) is 76.1 Å². The molecule has 2 amide bonds. The van der Waals surface area contributed by atoms with Crippen molar-refractivity contribution in [1.82, 2.24) is 15.5 Å². The van der Waals surface area contributed by atoms with Crippen LogP contribution in [0.15, 0.2) is 30.3 Å². The Morgan fingerprint density at radius 2 is 2.17 bits per heavy atom. The van der Waals surface area contributed by atoms with Crippen molar-refractivity contribution < 1.29 is 9.53 Å². The van der Waals surface area contributed by atoms with Crippen LogP contribution in [0.25, 0.3) is 0 Å². The number of anilines is 1. The van der Waals surface area contributed by atoms with E-state index in [1.54, 1.807) is 0 Å². The molecule has 0 radical (unpaired) electrons. The number of rotatable bonds is 4. The summed E-state index contributed by atoms with van der Waals surface area (Å²) in [7, 11) is 0. The molecule has 3 rings (SSSR count). The van der Waals surface area contributed by atoms with Crippen LogP contribution in [0.4, 0.5) is 9.93 Å². The van der Waals surface area contributed by atoms with E-state index in [2.05, 4.69) is 33.0 Å². The molecule has 1 fully saturated rings. The number of nitrogens with one attached hydrogen (secondary N) is 2. The number of carbonyl (C=O) groups is 1. The molecule has 1 saturated heterocycles. The minimum absolute atomic E-state index is 0.0310. The number of hydrogen-bond acceptors (Lipinski definition) is 5. The Labute approximate surface area is 139 Å². The van der Waals surface area contributed by atoms with Gasteiger partial charge in [-0.2, -0.15) is 0 Å². The fourth-order valence-electron chi connectivity index (χ4n) is 2.59. The molecule has 122 valence electrons. The van der Waals surface area contributed by atoms with E-state index in [0.29, 0.717) is 11.7 Å². The molecule has 0 saturated carbocycles.